The van der Waals surface area contributed by atoms with Gasteiger partial charge in [0.25, 0.3) is 0 Å². The van der Waals surface area contributed by atoms with Gasteiger partial charge in [-0.2, -0.15) is 0 Å². The highest BCUT2D eigenvalue weighted by Crippen LogP contribution is 1.89. The summed E-state index contributed by atoms with van der Waals surface area (Å²) in [5.41, 5.74) is 0. The first-order chi connectivity index (χ1) is 5.41. The second kappa shape index (κ2) is 9.22. The lowest BCUT2D eigenvalue weighted by molar-refractivity contribution is 1.20. The van der Waals surface area contributed by atoms with Gasteiger partial charge in [0.1, 0.15) is 0 Å². The molecule has 0 spiro atoms. The van der Waals surface area contributed by atoms with Crippen molar-refractivity contribution in [3.63, 3.8) is 0 Å². The van der Waals surface area contributed by atoms with Gasteiger partial charge in [0.2, 0.25) is 0 Å². The minimum atomic E-state index is 0.870. The Hall–Kier alpha value is -0.780. The van der Waals surface area contributed by atoms with Gasteiger partial charge in [0, 0.05) is 0 Å². The molecule has 0 heterocycles. The summed E-state index contributed by atoms with van der Waals surface area (Å²) in [5, 5.41) is 0. The molecule has 0 aliphatic heterocycles. The van der Waals surface area contributed by atoms with E-state index in [1.54, 1.807) is 0 Å². The molecule has 0 aromatic heterocycles. The van der Waals surface area contributed by atoms with Crippen LogP contribution >= 0.6 is 0 Å². The van der Waals surface area contributed by atoms with Crippen LogP contribution in [0.5, 0.6) is 0 Å². The van der Waals surface area contributed by atoms with Gasteiger partial charge >= 0.3 is 0 Å². The molecule has 0 fully saturated rings. The van der Waals surface area contributed by atoms with Crippen LogP contribution in [0.1, 0.15) is 26.2 Å². The van der Waals surface area contributed by atoms with Gasteiger partial charge in [-0.3, -0.25) is 0 Å². The number of allylic oxidation sites excluding steroid dienone is 6. The van der Waals surface area contributed by atoms with Crippen molar-refractivity contribution in [3.05, 3.63) is 43.4 Å². The Morgan fingerprint density at radius 1 is 1.00 bits per heavy atom. The molecule has 61 valence electrons. The van der Waals surface area contributed by atoms with Crippen LogP contribution in [0.25, 0.3) is 0 Å². The van der Waals surface area contributed by atoms with Crippen molar-refractivity contribution >= 4 is 0 Å². The van der Waals surface area contributed by atoms with Crippen LogP contribution in [0, 0.1) is 6.92 Å². The van der Waals surface area contributed by atoms with E-state index in [4.69, 9.17) is 0 Å². The van der Waals surface area contributed by atoms with E-state index < -0.39 is 0 Å². The number of rotatable bonds is 5. The fourth-order valence-electron chi connectivity index (χ4n) is 0.673. The van der Waals surface area contributed by atoms with Crippen molar-refractivity contribution in [1.82, 2.24) is 0 Å². The van der Waals surface area contributed by atoms with E-state index in [1.807, 2.05) is 12.2 Å². The molecule has 0 unspecified atom stereocenters. The minimum absolute atomic E-state index is 0.870. The molecule has 0 atom stereocenters. The first-order valence-electron chi connectivity index (χ1n) is 4.17. The molecule has 0 aliphatic rings. The summed E-state index contributed by atoms with van der Waals surface area (Å²) < 4.78 is 0. The highest BCUT2D eigenvalue weighted by molar-refractivity contribution is 5.04. The van der Waals surface area contributed by atoms with Gasteiger partial charge in [-0.05, 0) is 26.2 Å². The van der Waals surface area contributed by atoms with Crippen LogP contribution in [0.4, 0.5) is 0 Å². The maximum atomic E-state index is 3.70. The number of hydrogen-bond acceptors (Lipinski definition) is 0. The average Bonchev–Trinajstić information content (AvgIpc) is 2.03. The lowest BCUT2D eigenvalue weighted by Gasteiger charge is -1.79. The van der Waals surface area contributed by atoms with Crippen LogP contribution in [-0.2, 0) is 0 Å². The van der Waals surface area contributed by atoms with E-state index in [0.29, 0.717) is 0 Å². The van der Waals surface area contributed by atoms with Crippen molar-refractivity contribution in [2.75, 3.05) is 0 Å². The Labute approximate surface area is 70.3 Å². The van der Waals surface area contributed by atoms with Gasteiger partial charge in [-0.25, -0.2) is 0 Å². The highest BCUT2D eigenvalue weighted by atomic mass is 13.7. The maximum absolute atomic E-state index is 3.70. The molecular formula is C11H17. The largest absolute Gasteiger partial charge is 0.0885 e. The van der Waals surface area contributed by atoms with E-state index in [9.17, 15) is 0 Å². The van der Waals surface area contributed by atoms with Crippen LogP contribution in [-0.4, -0.2) is 0 Å². The summed E-state index contributed by atoms with van der Waals surface area (Å²) in [6.07, 6.45) is 15.7. The molecule has 0 aromatic rings. The maximum Gasteiger partial charge on any atom is -0.0166 e. The molecule has 1 radical (unpaired) electrons. The van der Waals surface area contributed by atoms with Crippen LogP contribution in [0.2, 0.25) is 0 Å². The standard InChI is InChI=1S/C11H17/c1-3-5-7-9-11-10-8-6-4-2/h5-9,11H,1,3-4,10H2,2H3. The summed E-state index contributed by atoms with van der Waals surface area (Å²) in [5.74, 6) is 0. The molecule has 0 saturated carbocycles. The zero-order valence-corrected chi connectivity index (χ0v) is 7.29. The Morgan fingerprint density at radius 2 is 1.73 bits per heavy atom. The fourth-order valence-corrected chi connectivity index (χ4v) is 0.673. The Balaban J connectivity index is 3.29. The van der Waals surface area contributed by atoms with Gasteiger partial charge in [0.15, 0.2) is 0 Å². The molecule has 0 heteroatoms. The van der Waals surface area contributed by atoms with E-state index in [0.717, 1.165) is 19.3 Å². The molecule has 0 N–H and O–H groups in total. The predicted molar refractivity (Wildman–Crippen MR) is 52.3 cm³/mol. The first-order valence-corrected chi connectivity index (χ1v) is 4.17. The third-order valence-corrected chi connectivity index (χ3v) is 1.22. The molecule has 0 amide bonds. The van der Waals surface area contributed by atoms with Crippen LogP contribution in [0.15, 0.2) is 36.5 Å². The van der Waals surface area contributed by atoms with E-state index in [1.165, 1.54) is 0 Å². The second-order valence-corrected chi connectivity index (χ2v) is 2.26. The summed E-state index contributed by atoms with van der Waals surface area (Å²) in [6.45, 7) is 5.84. The monoisotopic (exact) mass is 149 g/mol. The number of hydrogen-bond donors (Lipinski definition) is 0. The SMILES string of the molecule is [CH2]CC=CC=CCC=CCC. The summed E-state index contributed by atoms with van der Waals surface area (Å²) >= 11 is 0. The van der Waals surface area contributed by atoms with Crippen molar-refractivity contribution in [2.45, 2.75) is 26.2 Å². The lowest BCUT2D eigenvalue weighted by atomic mass is 10.3. The normalized spacial score (nSPS) is 12.5. The Bertz CT molecular complexity index is 138. The molecule has 11 heavy (non-hydrogen) atoms. The first kappa shape index (κ1) is 10.2. The molecule has 0 rings (SSSR count). The minimum Gasteiger partial charge on any atom is -0.0885 e. The smallest absolute Gasteiger partial charge is 0.0166 e. The van der Waals surface area contributed by atoms with Crippen molar-refractivity contribution in [3.8, 4) is 0 Å². The predicted octanol–water partition coefficient (Wildman–Crippen LogP) is 3.68. The molecule has 0 aliphatic carbocycles. The van der Waals surface area contributed by atoms with E-state index >= 15 is 0 Å². The third kappa shape index (κ3) is 9.22. The van der Waals surface area contributed by atoms with Crippen molar-refractivity contribution < 1.29 is 0 Å². The quantitative estimate of drug-likeness (QED) is 0.413. The third-order valence-electron chi connectivity index (χ3n) is 1.22. The van der Waals surface area contributed by atoms with Gasteiger partial charge in [-0.1, -0.05) is 43.4 Å². The topological polar surface area (TPSA) is 0 Å². The molecule has 0 nitrogen and oxygen atoms in total. The molecule has 0 saturated heterocycles. The van der Waals surface area contributed by atoms with E-state index in [2.05, 4.69) is 38.2 Å². The van der Waals surface area contributed by atoms with Crippen molar-refractivity contribution in [2.24, 2.45) is 0 Å². The Kier molecular flexibility index (Phi) is 8.57. The van der Waals surface area contributed by atoms with Gasteiger partial charge < -0.3 is 0 Å². The fraction of sp³-hybridized carbons (Fsp3) is 0.364. The summed E-state index contributed by atoms with van der Waals surface area (Å²) in [7, 11) is 0. The zero-order valence-electron chi connectivity index (χ0n) is 7.29. The lowest BCUT2D eigenvalue weighted by Crippen LogP contribution is -1.58. The Morgan fingerprint density at radius 3 is 2.36 bits per heavy atom. The zero-order chi connectivity index (χ0) is 8.36. The second-order valence-electron chi connectivity index (χ2n) is 2.26. The molecule has 0 bridgehead atoms. The average molecular weight is 149 g/mol. The van der Waals surface area contributed by atoms with Gasteiger partial charge in [-0.15, -0.1) is 0 Å². The summed E-state index contributed by atoms with van der Waals surface area (Å²) in [6, 6.07) is 0. The molecule has 0 aromatic carbocycles. The van der Waals surface area contributed by atoms with Gasteiger partial charge in [0.05, 0.1) is 0 Å². The highest BCUT2D eigenvalue weighted by Gasteiger charge is 1.68. The molecular weight excluding hydrogens is 132 g/mol. The summed E-state index contributed by atoms with van der Waals surface area (Å²) in [4.78, 5) is 0. The van der Waals surface area contributed by atoms with Crippen LogP contribution < -0.4 is 0 Å². The van der Waals surface area contributed by atoms with E-state index in [-0.39, 0.29) is 0 Å². The van der Waals surface area contributed by atoms with Crippen LogP contribution in [0.3, 0.4) is 0 Å². The van der Waals surface area contributed by atoms with Crippen molar-refractivity contribution in [1.29, 1.82) is 0 Å².